The maximum Gasteiger partial charge on any atom is 0.409 e. The van der Waals surface area contributed by atoms with Crippen LogP contribution >= 0.6 is 21.6 Å². The Kier molecular flexibility index (Phi) is 17.6. The van der Waals surface area contributed by atoms with Gasteiger partial charge in [0.15, 0.2) is 5.72 Å². The van der Waals surface area contributed by atoms with Gasteiger partial charge >= 0.3 is 12.1 Å². The molecule has 4 amide bonds. The van der Waals surface area contributed by atoms with Crippen LogP contribution in [0.4, 0.5) is 21.9 Å². The van der Waals surface area contributed by atoms with E-state index in [0.29, 0.717) is 46.1 Å². The minimum absolute atomic E-state index is 0.0735. The number of likely N-dealkylation sites (N-methyl/N-ethyl adjacent to an activating group) is 1. The van der Waals surface area contributed by atoms with Crippen molar-refractivity contribution in [2.24, 2.45) is 5.92 Å². The fourth-order valence-electron chi connectivity index (χ4n) is 8.60. The fourth-order valence-corrected chi connectivity index (χ4v) is 10.7. The number of nitrogens with zero attached hydrogens (tertiary/aromatic N) is 4. The number of allylic oxidation sites excluding steroid dienone is 3. The Bertz CT molecular complexity index is 2550. The number of rotatable bonds is 14. The summed E-state index contributed by atoms with van der Waals surface area (Å²) in [6.07, 6.45) is 2.61. The van der Waals surface area contributed by atoms with Gasteiger partial charge in [0.05, 0.1) is 30.2 Å². The molecule has 71 heavy (non-hydrogen) atoms. The highest BCUT2D eigenvalue weighted by Crippen LogP contribution is 2.49. The molecule has 2 fully saturated rings. The zero-order valence-electron chi connectivity index (χ0n) is 41.5. The number of aromatic nitrogens is 1. The maximum atomic E-state index is 14.8. The van der Waals surface area contributed by atoms with Gasteiger partial charge in [0.1, 0.15) is 46.9 Å². The van der Waals surface area contributed by atoms with Gasteiger partial charge in [-0.2, -0.15) is 0 Å². The third-order valence-electron chi connectivity index (χ3n) is 13.2. The highest BCUT2D eigenvalue weighted by atomic mass is 33.1. The van der Waals surface area contributed by atoms with Crippen molar-refractivity contribution >= 4 is 68.4 Å². The van der Waals surface area contributed by atoms with Gasteiger partial charge in [0.2, 0.25) is 17.7 Å². The molecule has 1 unspecified atom stereocenters. The van der Waals surface area contributed by atoms with E-state index < -0.39 is 70.6 Å². The number of hydrogen-bond donors (Lipinski definition) is 3. The molecule has 4 heterocycles. The molecule has 2 saturated heterocycles. The number of aliphatic hydroxyl groups is 1. The molecule has 0 saturated carbocycles. The molecule has 6 rings (SSSR count). The van der Waals surface area contributed by atoms with E-state index in [1.165, 1.54) is 78.8 Å². The summed E-state index contributed by atoms with van der Waals surface area (Å²) in [6.45, 7) is 10.3. The molecule has 2 aromatic carbocycles. The van der Waals surface area contributed by atoms with E-state index in [9.17, 15) is 39.2 Å². The van der Waals surface area contributed by atoms with Crippen molar-refractivity contribution in [2.75, 3.05) is 38.5 Å². The summed E-state index contributed by atoms with van der Waals surface area (Å²) >= 11 is 0. The summed E-state index contributed by atoms with van der Waals surface area (Å²) in [5.41, 5.74) is 0.734. The molecule has 382 valence electrons. The molecule has 1 aromatic heterocycles. The van der Waals surface area contributed by atoms with Crippen LogP contribution in [0.25, 0.3) is 11.1 Å². The average Bonchev–Trinajstić information content (AvgIpc) is 4.04. The van der Waals surface area contributed by atoms with Crippen molar-refractivity contribution in [1.82, 2.24) is 15.2 Å². The number of anilines is 2. The predicted octanol–water partition coefficient (Wildman–Crippen LogP) is 7.40. The summed E-state index contributed by atoms with van der Waals surface area (Å²) < 4.78 is 29.9. The van der Waals surface area contributed by atoms with Crippen LogP contribution < -0.4 is 20.3 Å². The molecule has 3 aliphatic rings. The molecule has 3 N–H and O–H groups in total. The van der Waals surface area contributed by atoms with Crippen LogP contribution in [0.2, 0.25) is 0 Å². The lowest BCUT2D eigenvalue weighted by atomic mass is 9.83. The molecule has 19 nitrogen and oxygen atoms in total. The van der Waals surface area contributed by atoms with Crippen molar-refractivity contribution in [1.29, 1.82) is 0 Å². The Labute approximate surface area is 420 Å². The summed E-state index contributed by atoms with van der Waals surface area (Å²) in [4.78, 5) is 84.3. The van der Waals surface area contributed by atoms with Crippen molar-refractivity contribution in [3.8, 4) is 16.9 Å². The number of pyridine rings is 1. The second kappa shape index (κ2) is 23.0. The Hall–Kier alpha value is -6.00. The molecule has 0 radical (unpaired) electrons. The molecule has 4 bridgehead atoms. The van der Waals surface area contributed by atoms with Gasteiger partial charge in [-0.1, -0.05) is 60.6 Å². The SMILES string of the molecule is COc1cc2cc(c1-c1ccc(NC(=O)CCC(C)SSc3ccc([N+](=O)[O-])cn3)cc1)N(C)C(=O)C[C@H](OC(=O)[C@H](C)N(C)C(C)=O)[C@]1(C)O[C@H]1[C@H](C)[C@@H]1C[C@@](O)(NC(=O)O1)[C@H](OC)/C=C/C=C(\C)C2. The Balaban J connectivity index is 1.30. The van der Waals surface area contributed by atoms with Crippen molar-refractivity contribution < 1.29 is 57.7 Å². The van der Waals surface area contributed by atoms with Crippen LogP contribution in [0, 0.1) is 16.0 Å². The summed E-state index contributed by atoms with van der Waals surface area (Å²) in [7, 11) is 8.95. The van der Waals surface area contributed by atoms with Gasteiger partial charge < -0.3 is 43.9 Å². The van der Waals surface area contributed by atoms with Gasteiger partial charge in [0, 0.05) is 69.5 Å². The average molecular weight is 1020 g/mol. The van der Waals surface area contributed by atoms with Crippen LogP contribution in [0.15, 0.2) is 83.6 Å². The lowest BCUT2D eigenvalue weighted by molar-refractivity contribution is -0.385. The fraction of sp³-hybridized carbons (Fsp3) is 0.480. The Morgan fingerprint density at radius 1 is 1.14 bits per heavy atom. The topological polar surface area (TPSA) is 242 Å². The number of methoxy groups -OCH3 is 2. The number of nitrogens with one attached hydrogen (secondary N) is 2. The standard InChI is InChI=1S/C50H62N6O13S2/c1-28-12-11-13-40(66-10)50(62)26-39(67-48(61)53-50)30(3)46-49(6,69-46)41(68-47(60)31(4)54(7)32(5)57)25-44(59)55(8)37-23-33(22-28)24-38(65-9)45(37)34-15-17-35(18-16-34)52-42(58)20-14-29(2)70-71-43-21-19-36(27-51-43)56(63)64/h11-13,15-19,21,23-24,27,29-31,39-41,46,62H,14,20,22,25-26H2,1-10H3,(H,52,58)(H,53,61)/b13-11+,28-12+/t29?,30-,31+,39+,40-,41+,46+,49+,50+/m1/s1. The van der Waals surface area contributed by atoms with Gasteiger partial charge in [-0.15, -0.1) is 0 Å². The number of hydrogen-bond acceptors (Lipinski definition) is 16. The van der Waals surface area contributed by atoms with Crippen LogP contribution in [-0.4, -0.2) is 125 Å². The summed E-state index contributed by atoms with van der Waals surface area (Å²) in [5, 5.41) is 29.0. The molecule has 3 aliphatic heterocycles. The van der Waals surface area contributed by atoms with Crippen molar-refractivity contribution in [2.45, 2.75) is 126 Å². The van der Waals surface area contributed by atoms with Gasteiger partial charge in [-0.25, -0.2) is 14.6 Å². The van der Waals surface area contributed by atoms with E-state index in [1.54, 1.807) is 51.2 Å². The molecule has 0 spiro atoms. The maximum absolute atomic E-state index is 14.8. The lowest BCUT2D eigenvalue weighted by Crippen LogP contribution is -2.63. The van der Waals surface area contributed by atoms with E-state index in [-0.39, 0.29) is 42.0 Å². The normalized spacial score (nSPS) is 26.5. The van der Waals surface area contributed by atoms with Crippen LogP contribution in [0.5, 0.6) is 5.75 Å². The molecule has 0 aliphatic carbocycles. The molecule has 9 atom stereocenters. The van der Waals surface area contributed by atoms with Crippen molar-refractivity contribution in [3.63, 3.8) is 0 Å². The first-order chi connectivity index (χ1) is 33.6. The number of amides is 4. The number of nitro groups is 1. The van der Waals surface area contributed by atoms with Gasteiger partial charge in [-0.3, -0.25) is 29.8 Å². The first-order valence-corrected chi connectivity index (χ1v) is 25.3. The second-order valence-corrected chi connectivity index (χ2v) is 21.0. The number of ether oxygens (including phenoxy) is 5. The molecule has 21 heteroatoms. The summed E-state index contributed by atoms with van der Waals surface area (Å²) in [5.74, 6) is -1.88. The van der Waals surface area contributed by atoms with Crippen molar-refractivity contribution in [3.05, 3.63) is 94.2 Å². The third-order valence-corrected chi connectivity index (χ3v) is 16.0. The number of epoxide rings is 1. The highest BCUT2D eigenvalue weighted by Gasteiger charge is 2.64. The van der Waals surface area contributed by atoms with Crippen LogP contribution in [0.1, 0.15) is 72.8 Å². The van der Waals surface area contributed by atoms with Gasteiger partial charge in [0.25, 0.3) is 5.69 Å². The van der Waals surface area contributed by atoms with Gasteiger partial charge in [-0.05, 0) is 85.9 Å². The minimum Gasteiger partial charge on any atom is -0.496 e. The minimum atomic E-state index is -1.87. The summed E-state index contributed by atoms with van der Waals surface area (Å²) in [6, 6.07) is 12.9. The third kappa shape index (κ3) is 13.1. The quantitative estimate of drug-likeness (QED) is 0.0468. The van der Waals surface area contributed by atoms with E-state index in [1.807, 2.05) is 44.2 Å². The molecular formula is C50H62N6O13S2. The molecular weight excluding hydrogens is 957 g/mol. The first kappa shape index (κ1) is 54.3. The number of esters is 1. The molecule has 3 aromatic rings. The number of benzene rings is 2. The zero-order chi connectivity index (χ0) is 51.9. The van der Waals surface area contributed by atoms with Crippen LogP contribution in [-0.2, 0) is 44.5 Å². The van der Waals surface area contributed by atoms with Crippen LogP contribution in [0.3, 0.4) is 0 Å². The zero-order valence-corrected chi connectivity index (χ0v) is 43.1. The largest absolute Gasteiger partial charge is 0.496 e. The monoisotopic (exact) mass is 1020 g/mol. The Morgan fingerprint density at radius 3 is 2.49 bits per heavy atom. The first-order valence-electron chi connectivity index (χ1n) is 23.1. The van der Waals surface area contributed by atoms with E-state index in [4.69, 9.17) is 23.7 Å². The number of carbonyl (C=O) groups is 5. The lowest BCUT2D eigenvalue weighted by Gasteiger charge is -2.42. The smallest absolute Gasteiger partial charge is 0.409 e. The second-order valence-electron chi connectivity index (χ2n) is 18.4. The number of alkyl carbamates (subject to hydrolysis) is 1. The predicted molar refractivity (Wildman–Crippen MR) is 269 cm³/mol. The number of fused-ring (bicyclic) bond motifs is 5. The van der Waals surface area contributed by atoms with E-state index >= 15 is 0 Å². The highest BCUT2D eigenvalue weighted by molar-refractivity contribution is 8.76. The number of carbonyl (C=O) groups excluding carboxylic acids is 5. The van der Waals surface area contributed by atoms with E-state index in [2.05, 4.69) is 15.6 Å². The Morgan fingerprint density at radius 2 is 1.86 bits per heavy atom. The van der Waals surface area contributed by atoms with E-state index in [0.717, 1.165) is 11.1 Å².